The Morgan fingerprint density at radius 1 is 1.77 bits per heavy atom. The minimum absolute atomic E-state index is 0.0854. The number of ether oxygens (including phenoxy) is 1. The lowest BCUT2D eigenvalue weighted by Gasteiger charge is -2.04. The van der Waals surface area contributed by atoms with Gasteiger partial charge in [0.2, 0.25) is 0 Å². The van der Waals surface area contributed by atoms with Crippen molar-refractivity contribution < 1.29 is 19.7 Å². The molecule has 1 heterocycles. The highest BCUT2D eigenvalue weighted by Gasteiger charge is 2.16. The second-order valence-corrected chi connectivity index (χ2v) is 2.76. The van der Waals surface area contributed by atoms with Crippen LogP contribution >= 0.6 is 0 Å². The molecule has 0 saturated carbocycles. The van der Waals surface area contributed by atoms with Gasteiger partial charge in [-0.25, -0.2) is 0 Å². The number of hydrogen-bond acceptors (Lipinski definition) is 3. The fourth-order valence-electron chi connectivity index (χ4n) is 1.05. The van der Waals surface area contributed by atoms with Crippen LogP contribution in [0.25, 0.3) is 0 Å². The van der Waals surface area contributed by atoms with Crippen LogP contribution in [0.15, 0.2) is 23.0 Å². The molecule has 1 aromatic rings. The summed E-state index contributed by atoms with van der Waals surface area (Å²) in [5.74, 6) is -0.219. The minimum Gasteiger partial charge on any atom is -0.472 e. The molecule has 1 atom stereocenters. The number of rotatable bonds is 4. The average molecular weight is 184 g/mol. The van der Waals surface area contributed by atoms with Gasteiger partial charge in [0.25, 0.3) is 0 Å². The van der Waals surface area contributed by atoms with Crippen LogP contribution in [0.5, 0.6) is 0 Å². The lowest BCUT2D eigenvalue weighted by Crippen LogP contribution is -2.54. The number of esters is 1. The van der Waals surface area contributed by atoms with Crippen molar-refractivity contribution >= 4 is 5.97 Å². The van der Waals surface area contributed by atoms with Gasteiger partial charge in [-0.3, -0.25) is 4.79 Å². The van der Waals surface area contributed by atoms with Crippen LogP contribution in [0, 0.1) is 0 Å². The SMILES string of the molecule is CCOC(=O)C[C@@H]([NH3+])c1ccoc1. The first-order valence-corrected chi connectivity index (χ1v) is 4.24. The molecule has 0 radical (unpaired) electrons. The first kappa shape index (κ1) is 9.80. The fourth-order valence-corrected chi connectivity index (χ4v) is 1.05. The number of carbonyl (C=O) groups is 1. The standard InChI is InChI=1S/C9H13NO3/c1-2-13-9(11)5-8(10)7-3-4-12-6-7/h3-4,6,8H,2,5,10H2,1H3/p+1/t8-/m1/s1. The first-order chi connectivity index (χ1) is 6.24. The zero-order valence-corrected chi connectivity index (χ0v) is 7.66. The van der Waals surface area contributed by atoms with E-state index in [1.54, 1.807) is 25.5 Å². The molecule has 72 valence electrons. The molecule has 0 saturated heterocycles. The molecular formula is C9H14NO3+. The molecule has 0 spiro atoms. The summed E-state index contributed by atoms with van der Waals surface area (Å²) in [7, 11) is 0. The molecule has 1 rings (SSSR count). The number of quaternary nitrogens is 1. The molecule has 0 aliphatic rings. The van der Waals surface area contributed by atoms with Crippen molar-refractivity contribution in [3.05, 3.63) is 24.2 Å². The Morgan fingerprint density at radius 3 is 3.08 bits per heavy atom. The highest BCUT2D eigenvalue weighted by Crippen LogP contribution is 2.12. The van der Waals surface area contributed by atoms with Crippen LogP contribution in [0.4, 0.5) is 0 Å². The van der Waals surface area contributed by atoms with E-state index in [2.05, 4.69) is 5.73 Å². The second-order valence-electron chi connectivity index (χ2n) is 2.76. The summed E-state index contributed by atoms with van der Waals surface area (Å²) in [5, 5.41) is 0. The van der Waals surface area contributed by atoms with Crippen molar-refractivity contribution in [3.8, 4) is 0 Å². The molecule has 0 bridgehead atoms. The van der Waals surface area contributed by atoms with E-state index in [4.69, 9.17) is 9.15 Å². The molecule has 0 unspecified atom stereocenters. The fraction of sp³-hybridized carbons (Fsp3) is 0.444. The molecule has 0 fully saturated rings. The van der Waals surface area contributed by atoms with E-state index in [0.717, 1.165) is 5.56 Å². The summed E-state index contributed by atoms with van der Waals surface area (Å²) in [6, 6.07) is 1.72. The Bertz CT molecular complexity index is 256. The van der Waals surface area contributed by atoms with E-state index >= 15 is 0 Å². The zero-order valence-electron chi connectivity index (χ0n) is 7.66. The largest absolute Gasteiger partial charge is 0.472 e. The summed E-state index contributed by atoms with van der Waals surface area (Å²) in [5.41, 5.74) is 4.77. The molecule has 13 heavy (non-hydrogen) atoms. The summed E-state index contributed by atoms with van der Waals surface area (Å²) in [6.07, 6.45) is 3.46. The summed E-state index contributed by atoms with van der Waals surface area (Å²) >= 11 is 0. The number of furan rings is 1. The Kier molecular flexibility index (Phi) is 3.52. The van der Waals surface area contributed by atoms with Gasteiger partial charge in [-0.15, -0.1) is 0 Å². The van der Waals surface area contributed by atoms with Crippen molar-refractivity contribution in [1.29, 1.82) is 0 Å². The molecule has 0 aliphatic heterocycles. The van der Waals surface area contributed by atoms with Crippen LogP contribution in [-0.2, 0) is 9.53 Å². The van der Waals surface area contributed by atoms with Crippen LogP contribution in [0.3, 0.4) is 0 Å². The third kappa shape index (κ3) is 2.91. The van der Waals surface area contributed by atoms with Gasteiger partial charge in [-0.1, -0.05) is 0 Å². The van der Waals surface area contributed by atoms with Gasteiger partial charge < -0.3 is 14.9 Å². The van der Waals surface area contributed by atoms with Gasteiger partial charge in [0.1, 0.15) is 12.5 Å². The van der Waals surface area contributed by atoms with Crippen LogP contribution in [0.1, 0.15) is 24.9 Å². The van der Waals surface area contributed by atoms with Crippen LogP contribution in [-0.4, -0.2) is 12.6 Å². The van der Waals surface area contributed by atoms with Crippen molar-refractivity contribution in [1.82, 2.24) is 0 Å². The topological polar surface area (TPSA) is 67.1 Å². The predicted molar refractivity (Wildman–Crippen MR) is 45.6 cm³/mol. The van der Waals surface area contributed by atoms with Gasteiger partial charge in [0.05, 0.1) is 19.1 Å². The highest BCUT2D eigenvalue weighted by atomic mass is 16.5. The van der Waals surface area contributed by atoms with E-state index in [9.17, 15) is 4.79 Å². The van der Waals surface area contributed by atoms with Crippen molar-refractivity contribution in [3.63, 3.8) is 0 Å². The average Bonchev–Trinajstić information content (AvgIpc) is 2.55. The highest BCUT2D eigenvalue weighted by molar-refractivity contribution is 5.70. The zero-order chi connectivity index (χ0) is 9.68. The molecule has 4 heteroatoms. The quantitative estimate of drug-likeness (QED) is 0.693. The van der Waals surface area contributed by atoms with E-state index in [-0.39, 0.29) is 12.0 Å². The lowest BCUT2D eigenvalue weighted by molar-refractivity contribution is -0.425. The summed E-state index contributed by atoms with van der Waals surface area (Å²) < 4.78 is 9.69. The van der Waals surface area contributed by atoms with E-state index in [1.165, 1.54) is 0 Å². The maximum atomic E-state index is 11.1. The Morgan fingerprint density at radius 2 is 2.54 bits per heavy atom. The van der Waals surface area contributed by atoms with E-state index in [1.807, 2.05) is 0 Å². The third-order valence-corrected chi connectivity index (χ3v) is 1.73. The lowest BCUT2D eigenvalue weighted by atomic mass is 10.1. The molecule has 0 amide bonds. The van der Waals surface area contributed by atoms with E-state index < -0.39 is 0 Å². The van der Waals surface area contributed by atoms with Gasteiger partial charge in [-0.05, 0) is 13.0 Å². The van der Waals surface area contributed by atoms with Crippen molar-refractivity contribution in [2.45, 2.75) is 19.4 Å². The van der Waals surface area contributed by atoms with Gasteiger partial charge >= 0.3 is 5.97 Å². The Hall–Kier alpha value is -1.29. The normalized spacial score (nSPS) is 12.5. The summed E-state index contributed by atoms with van der Waals surface area (Å²) in [6.45, 7) is 2.20. The molecule has 0 aliphatic carbocycles. The third-order valence-electron chi connectivity index (χ3n) is 1.73. The number of hydrogen-bond donors (Lipinski definition) is 1. The summed E-state index contributed by atoms with van der Waals surface area (Å²) in [4.78, 5) is 11.1. The number of carbonyl (C=O) groups excluding carboxylic acids is 1. The maximum absolute atomic E-state index is 11.1. The van der Waals surface area contributed by atoms with Gasteiger partial charge in [-0.2, -0.15) is 0 Å². The predicted octanol–water partition coefficient (Wildman–Crippen LogP) is 0.516. The Balaban J connectivity index is 2.42. The Labute approximate surface area is 76.7 Å². The monoisotopic (exact) mass is 184 g/mol. The molecule has 3 N–H and O–H groups in total. The first-order valence-electron chi connectivity index (χ1n) is 4.24. The second kappa shape index (κ2) is 4.67. The van der Waals surface area contributed by atoms with Gasteiger partial charge in [0, 0.05) is 5.56 Å². The molecule has 1 aromatic heterocycles. The smallest absolute Gasteiger partial charge is 0.312 e. The van der Waals surface area contributed by atoms with Crippen molar-refractivity contribution in [2.75, 3.05) is 6.61 Å². The minimum atomic E-state index is -0.219. The maximum Gasteiger partial charge on any atom is 0.312 e. The molecule has 4 nitrogen and oxygen atoms in total. The van der Waals surface area contributed by atoms with Crippen molar-refractivity contribution in [2.24, 2.45) is 0 Å². The van der Waals surface area contributed by atoms with Gasteiger partial charge in [0.15, 0.2) is 0 Å². The molecule has 0 aromatic carbocycles. The van der Waals surface area contributed by atoms with Crippen LogP contribution < -0.4 is 5.73 Å². The molecular weight excluding hydrogens is 170 g/mol. The van der Waals surface area contributed by atoms with Crippen LogP contribution in [0.2, 0.25) is 0 Å². The van der Waals surface area contributed by atoms with E-state index in [0.29, 0.717) is 13.0 Å².